The van der Waals surface area contributed by atoms with Gasteiger partial charge in [-0.05, 0) is 47.0 Å². The maximum atomic E-state index is 9.52. The summed E-state index contributed by atoms with van der Waals surface area (Å²) in [5.41, 5.74) is 1.82. The van der Waals surface area contributed by atoms with E-state index in [0.29, 0.717) is 29.0 Å². The fourth-order valence-electron chi connectivity index (χ4n) is 2.65. The molecular formula is C16H16BrN5. The summed E-state index contributed by atoms with van der Waals surface area (Å²) in [6, 6.07) is 6.30. The van der Waals surface area contributed by atoms with Gasteiger partial charge in [0.2, 0.25) is 0 Å². The van der Waals surface area contributed by atoms with Crippen LogP contribution in [0.25, 0.3) is 5.57 Å². The standard InChI is InChI=1S/C16H16BrN5/c17-13-6-3-8-19-15(13)12(10-18)14-7-9-20-16(22-14)21-11-4-1-2-5-11/h3,6-9,11H,1-2,4-5H2,(H2,20,21,22). The molecule has 0 amide bonds. The van der Waals surface area contributed by atoms with Crippen LogP contribution >= 0.6 is 15.9 Å². The van der Waals surface area contributed by atoms with E-state index in [-0.39, 0.29) is 0 Å². The molecule has 2 heterocycles. The molecule has 3 rings (SSSR count). The van der Waals surface area contributed by atoms with E-state index in [1.165, 1.54) is 12.8 Å². The zero-order chi connectivity index (χ0) is 15.4. The van der Waals surface area contributed by atoms with E-state index in [1.54, 1.807) is 12.4 Å². The molecule has 2 aliphatic rings. The van der Waals surface area contributed by atoms with E-state index in [1.807, 2.05) is 18.2 Å². The van der Waals surface area contributed by atoms with Crippen LogP contribution in [-0.2, 0) is 0 Å². The van der Waals surface area contributed by atoms with Crippen LogP contribution < -0.4 is 10.6 Å². The number of allylic oxidation sites excluding steroid dienone is 2. The zero-order valence-corrected chi connectivity index (χ0v) is 13.6. The van der Waals surface area contributed by atoms with Gasteiger partial charge in [-0.1, -0.05) is 12.8 Å². The van der Waals surface area contributed by atoms with E-state index in [0.717, 1.165) is 17.3 Å². The number of nitriles is 1. The number of nitrogens with one attached hydrogen (secondary N) is 2. The number of aromatic nitrogens is 1. The van der Waals surface area contributed by atoms with Crippen LogP contribution in [0.3, 0.4) is 0 Å². The molecule has 1 aliphatic heterocycles. The van der Waals surface area contributed by atoms with Crippen molar-refractivity contribution in [2.45, 2.75) is 31.7 Å². The van der Waals surface area contributed by atoms with E-state index < -0.39 is 0 Å². The van der Waals surface area contributed by atoms with Gasteiger partial charge in [0.05, 0.1) is 17.4 Å². The summed E-state index contributed by atoms with van der Waals surface area (Å²) in [6.07, 6.45) is 10.0. The molecule has 0 radical (unpaired) electrons. The molecule has 0 saturated heterocycles. The molecule has 0 aromatic carbocycles. The molecule has 6 heteroatoms. The fraction of sp³-hybridized carbons (Fsp3) is 0.312. The van der Waals surface area contributed by atoms with Crippen LogP contribution in [-0.4, -0.2) is 17.0 Å². The maximum absolute atomic E-state index is 9.52. The highest BCUT2D eigenvalue weighted by Gasteiger charge is 2.18. The lowest BCUT2D eigenvalue weighted by Gasteiger charge is -2.18. The molecule has 1 aliphatic carbocycles. The van der Waals surface area contributed by atoms with Crippen molar-refractivity contribution in [2.24, 2.45) is 4.99 Å². The number of halogens is 1. The summed E-state index contributed by atoms with van der Waals surface area (Å²) < 4.78 is 0.794. The third-order valence-corrected chi connectivity index (χ3v) is 4.38. The van der Waals surface area contributed by atoms with Crippen molar-refractivity contribution in [2.75, 3.05) is 0 Å². The highest BCUT2D eigenvalue weighted by molar-refractivity contribution is 9.10. The van der Waals surface area contributed by atoms with Crippen LogP contribution in [0.2, 0.25) is 0 Å². The van der Waals surface area contributed by atoms with E-state index in [9.17, 15) is 5.26 Å². The Morgan fingerprint density at radius 3 is 2.95 bits per heavy atom. The Morgan fingerprint density at radius 2 is 2.23 bits per heavy atom. The van der Waals surface area contributed by atoms with Gasteiger partial charge >= 0.3 is 0 Å². The first-order chi connectivity index (χ1) is 10.8. The molecule has 0 atom stereocenters. The highest BCUT2D eigenvalue weighted by Crippen LogP contribution is 2.25. The molecule has 1 aromatic heterocycles. The topological polar surface area (TPSA) is 73.1 Å². The number of pyridine rings is 1. The predicted molar refractivity (Wildman–Crippen MR) is 89.6 cm³/mol. The number of rotatable bonds is 2. The smallest absolute Gasteiger partial charge is 0.200 e. The number of guanidine groups is 1. The Morgan fingerprint density at radius 1 is 1.41 bits per heavy atom. The monoisotopic (exact) mass is 357 g/mol. The van der Waals surface area contributed by atoms with Gasteiger partial charge in [-0.25, -0.2) is 4.99 Å². The van der Waals surface area contributed by atoms with Gasteiger partial charge in [0, 0.05) is 16.9 Å². The third-order valence-electron chi connectivity index (χ3n) is 3.74. The maximum Gasteiger partial charge on any atom is 0.200 e. The Bertz CT molecular complexity index is 693. The molecule has 2 N–H and O–H groups in total. The number of hydrogen-bond acceptors (Lipinski definition) is 3. The normalized spacial score (nSPS) is 22.1. The van der Waals surface area contributed by atoms with Gasteiger partial charge in [0.15, 0.2) is 5.96 Å². The van der Waals surface area contributed by atoms with Crippen molar-refractivity contribution in [3.63, 3.8) is 0 Å². The minimum atomic E-state index is 0.370. The third kappa shape index (κ3) is 3.20. The minimum absolute atomic E-state index is 0.370. The Kier molecular flexibility index (Phi) is 4.54. The minimum Gasteiger partial charge on any atom is -0.333 e. The van der Waals surface area contributed by atoms with Gasteiger partial charge in [0.1, 0.15) is 11.6 Å². The van der Waals surface area contributed by atoms with Crippen molar-refractivity contribution in [1.29, 1.82) is 5.26 Å². The lowest BCUT2D eigenvalue weighted by atomic mass is 10.1. The summed E-state index contributed by atoms with van der Waals surface area (Å²) in [4.78, 5) is 8.98. The fourth-order valence-corrected chi connectivity index (χ4v) is 3.10. The predicted octanol–water partition coefficient (Wildman–Crippen LogP) is 3.08. The molecular weight excluding hydrogens is 342 g/mol. The highest BCUT2D eigenvalue weighted by atomic mass is 79.9. The van der Waals surface area contributed by atoms with Gasteiger partial charge < -0.3 is 10.6 Å². The number of nitrogens with zero attached hydrogens (tertiary/aromatic N) is 3. The largest absolute Gasteiger partial charge is 0.333 e. The first-order valence-electron chi connectivity index (χ1n) is 7.31. The summed E-state index contributed by atoms with van der Waals surface area (Å²) in [5.74, 6) is 0.698. The number of aliphatic imine (C=N–C) groups is 1. The van der Waals surface area contributed by atoms with Gasteiger partial charge in [-0.2, -0.15) is 5.26 Å². The summed E-state index contributed by atoms with van der Waals surface area (Å²) in [7, 11) is 0. The summed E-state index contributed by atoms with van der Waals surface area (Å²) in [5, 5.41) is 15.8. The van der Waals surface area contributed by atoms with Crippen molar-refractivity contribution >= 4 is 27.5 Å². The van der Waals surface area contributed by atoms with Crippen LogP contribution in [0.4, 0.5) is 0 Å². The van der Waals surface area contributed by atoms with Crippen LogP contribution in [0.5, 0.6) is 0 Å². The summed E-state index contributed by atoms with van der Waals surface area (Å²) in [6.45, 7) is 0. The first-order valence-corrected chi connectivity index (χ1v) is 8.10. The quantitative estimate of drug-likeness (QED) is 0.797. The van der Waals surface area contributed by atoms with Crippen molar-refractivity contribution < 1.29 is 0 Å². The second-order valence-electron chi connectivity index (χ2n) is 5.25. The van der Waals surface area contributed by atoms with Crippen LogP contribution in [0, 0.1) is 11.3 Å². The van der Waals surface area contributed by atoms with E-state index in [4.69, 9.17) is 0 Å². The Balaban J connectivity index is 1.92. The molecule has 1 fully saturated rings. The molecule has 0 unspecified atom stereocenters. The van der Waals surface area contributed by atoms with Crippen molar-refractivity contribution in [1.82, 2.24) is 15.6 Å². The SMILES string of the molecule is N#CC(=C1C=CNC(=NC2CCCC2)N1)c1ncccc1Br. The lowest BCUT2D eigenvalue weighted by molar-refractivity contribution is 0.696. The van der Waals surface area contributed by atoms with E-state index in [2.05, 4.69) is 42.6 Å². The second kappa shape index (κ2) is 6.75. The second-order valence-corrected chi connectivity index (χ2v) is 6.11. The molecule has 5 nitrogen and oxygen atoms in total. The van der Waals surface area contributed by atoms with Gasteiger partial charge in [0.25, 0.3) is 0 Å². The number of hydrogen-bond donors (Lipinski definition) is 2. The molecule has 1 saturated carbocycles. The molecule has 1 aromatic rings. The Hall–Kier alpha value is -2.13. The van der Waals surface area contributed by atoms with Crippen molar-refractivity contribution in [3.8, 4) is 6.07 Å². The molecule has 22 heavy (non-hydrogen) atoms. The van der Waals surface area contributed by atoms with Crippen LogP contribution in [0.15, 0.2) is 45.8 Å². The lowest BCUT2D eigenvalue weighted by Crippen LogP contribution is -2.38. The average molecular weight is 358 g/mol. The average Bonchev–Trinajstić information content (AvgIpc) is 3.03. The molecule has 112 valence electrons. The van der Waals surface area contributed by atoms with Crippen LogP contribution in [0.1, 0.15) is 31.4 Å². The van der Waals surface area contributed by atoms with E-state index >= 15 is 0 Å². The molecule has 0 spiro atoms. The zero-order valence-electron chi connectivity index (χ0n) is 12.0. The molecule has 0 bridgehead atoms. The van der Waals surface area contributed by atoms with Gasteiger partial charge in [-0.15, -0.1) is 0 Å². The first kappa shape index (κ1) is 14.8. The summed E-state index contributed by atoms with van der Waals surface area (Å²) >= 11 is 3.44. The van der Waals surface area contributed by atoms with Gasteiger partial charge in [-0.3, -0.25) is 4.98 Å². The Labute approximate surface area is 138 Å². The van der Waals surface area contributed by atoms with Crippen molar-refractivity contribution in [3.05, 3.63) is 46.5 Å².